The van der Waals surface area contributed by atoms with Crippen molar-refractivity contribution in [3.8, 4) is 0 Å². The Bertz CT molecular complexity index is 1040. The highest BCUT2D eigenvalue weighted by molar-refractivity contribution is 7.99. The van der Waals surface area contributed by atoms with E-state index in [0.29, 0.717) is 10.9 Å². The second kappa shape index (κ2) is 8.57. The van der Waals surface area contributed by atoms with Crippen LogP contribution in [0.5, 0.6) is 0 Å². The zero-order valence-corrected chi connectivity index (χ0v) is 15.8. The number of carboxylic acids is 1. The minimum atomic E-state index is -5.07. The number of rotatable bonds is 6. The molecule has 3 aromatic carbocycles. The quantitative estimate of drug-likeness (QED) is 0.600. The molecule has 0 aliphatic rings. The molecular weight excluding hydrogens is 403 g/mol. The molecule has 0 saturated carbocycles. The van der Waals surface area contributed by atoms with Crippen molar-refractivity contribution in [2.45, 2.75) is 21.9 Å². The van der Waals surface area contributed by atoms with Crippen LogP contribution >= 0.6 is 11.8 Å². The molecular formula is C21H16F3NO3S. The third-order valence-electron chi connectivity index (χ3n) is 4.26. The molecule has 0 radical (unpaired) electrons. The third kappa shape index (κ3) is 5.08. The number of aliphatic carboxylic acids is 1. The van der Waals surface area contributed by atoms with E-state index in [2.05, 4.69) is 0 Å². The van der Waals surface area contributed by atoms with Gasteiger partial charge in [-0.2, -0.15) is 13.2 Å². The molecule has 0 aliphatic heterocycles. The van der Waals surface area contributed by atoms with E-state index >= 15 is 0 Å². The summed E-state index contributed by atoms with van der Waals surface area (Å²) in [7, 11) is 0. The summed E-state index contributed by atoms with van der Waals surface area (Å²) in [4.78, 5) is 24.7. The van der Waals surface area contributed by atoms with Gasteiger partial charge < -0.3 is 10.4 Å². The lowest BCUT2D eigenvalue weighted by Crippen LogP contribution is -2.40. The second-order valence-corrected chi connectivity index (χ2v) is 7.39. The van der Waals surface area contributed by atoms with Gasteiger partial charge in [-0.3, -0.25) is 9.59 Å². The van der Waals surface area contributed by atoms with Crippen molar-refractivity contribution in [1.82, 2.24) is 5.32 Å². The van der Waals surface area contributed by atoms with Crippen LogP contribution in [0.4, 0.5) is 13.2 Å². The SMILES string of the molecule is O=C(O)C(CNC(=O)C(F)(F)F)c1cccc2ccc(Sc3ccccc3)cc12. The summed E-state index contributed by atoms with van der Waals surface area (Å²) in [6.45, 7) is -0.664. The molecule has 0 aromatic heterocycles. The summed E-state index contributed by atoms with van der Waals surface area (Å²) >= 11 is 1.49. The number of hydrogen-bond acceptors (Lipinski definition) is 3. The van der Waals surface area contributed by atoms with Crippen LogP contribution in [-0.2, 0) is 9.59 Å². The number of benzene rings is 3. The first-order valence-electron chi connectivity index (χ1n) is 8.59. The Morgan fingerprint density at radius 1 is 0.966 bits per heavy atom. The summed E-state index contributed by atoms with van der Waals surface area (Å²) in [5.74, 6) is -4.80. The van der Waals surface area contributed by atoms with E-state index in [1.807, 2.05) is 48.5 Å². The minimum absolute atomic E-state index is 0.341. The van der Waals surface area contributed by atoms with E-state index in [4.69, 9.17) is 0 Å². The van der Waals surface area contributed by atoms with E-state index in [9.17, 15) is 27.9 Å². The molecule has 3 aromatic rings. The van der Waals surface area contributed by atoms with Crippen molar-refractivity contribution >= 4 is 34.4 Å². The van der Waals surface area contributed by atoms with Crippen molar-refractivity contribution in [2.24, 2.45) is 0 Å². The van der Waals surface area contributed by atoms with E-state index < -0.39 is 30.5 Å². The summed E-state index contributed by atoms with van der Waals surface area (Å²) in [6, 6.07) is 20.1. The summed E-state index contributed by atoms with van der Waals surface area (Å²) in [6.07, 6.45) is -5.07. The van der Waals surface area contributed by atoms with E-state index in [1.165, 1.54) is 11.8 Å². The minimum Gasteiger partial charge on any atom is -0.481 e. The number of fused-ring (bicyclic) bond motifs is 1. The Morgan fingerprint density at radius 3 is 2.34 bits per heavy atom. The van der Waals surface area contributed by atoms with Gasteiger partial charge in [0.1, 0.15) is 0 Å². The van der Waals surface area contributed by atoms with Gasteiger partial charge in [-0.25, -0.2) is 0 Å². The summed E-state index contributed by atoms with van der Waals surface area (Å²) in [5, 5.41) is 12.6. The first-order valence-corrected chi connectivity index (χ1v) is 9.41. The first-order chi connectivity index (χ1) is 13.8. The number of hydrogen-bond donors (Lipinski definition) is 2. The topological polar surface area (TPSA) is 66.4 Å². The molecule has 150 valence electrons. The van der Waals surface area contributed by atoms with Crippen LogP contribution < -0.4 is 5.32 Å². The fourth-order valence-electron chi connectivity index (χ4n) is 2.89. The number of amides is 1. The Labute approximate surface area is 168 Å². The summed E-state index contributed by atoms with van der Waals surface area (Å²) in [5.41, 5.74) is 0.341. The molecule has 4 nitrogen and oxygen atoms in total. The van der Waals surface area contributed by atoms with Crippen molar-refractivity contribution < 1.29 is 27.9 Å². The van der Waals surface area contributed by atoms with Crippen LogP contribution in [0.3, 0.4) is 0 Å². The highest BCUT2D eigenvalue weighted by Crippen LogP contribution is 2.33. The number of carboxylic acid groups (broad SMARTS) is 1. The Morgan fingerprint density at radius 2 is 1.69 bits per heavy atom. The average Bonchev–Trinajstić information content (AvgIpc) is 2.68. The smallest absolute Gasteiger partial charge is 0.471 e. The monoisotopic (exact) mass is 419 g/mol. The molecule has 29 heavy (non-hydrogen) atoms. The maximum absolute atomic E-state index is 12.5. The fraction of sp³-hybridized carbons (Fsp3) is 0.143. The van der Waals surface area contributed by atoms with Gasteiger partial charge in [0.15, 0.2) is 0 Å². The number of carbonyl (C=O) groups is 2. The van der Waals surface area contributed by atoms with Crippen molar-refractivity contribution in [3.05, 3.63) is 72.3 Å². The van der Waals surface area contributed by atoms with Crippen molar-refractivity contribution in [1.29, 1.82) is 0 Å². The molecule has 0 bridgehead atoms. The van der Waals surface area contributed by atoms with E-state index in [-0.39, 0.29) is 0 Å². The van der Waals surface area contributed by atoms with Gasteiger partial charge >= 0.3 is 18.1 Å². The lowest BCUT2D eigenvalue weighted by atomic mass is 9.93. The Kier molecular flexibility index (Phi) is 6.12. The number of halogens is 3. The molecule has 1 amide bonds. The molecule has 0 saturated heterocycles. The molecule has 0 fully saturated rings. The predicted molar refractivity (Wildman–Crippen MR) is 104 cm³/mol. The highest BCUT2D eigenvalue weighted by Gasteiger charge is 2.39. The van der Waals surface area contributed by atoms with Crippen LogP contribution in [0.25, 0.3) is 10.8 Å². The van der Waals surface area contributed by atoms with Gasteiger partial charge in [-0.1, -0.05) is 54.2 Å². The van der Waals surface area contributed by atoms with E-state index in [0.717, 1.165) is 15.2 Å². The second-order valence-electron chi connectivity index (χ2n) is 6.24. The highest BCUT2D eigenvalue weighted by atomic mass is 32.2. The molecule has 8 heteroatoms. The van der Waals surface area contributed by atoms with Gasteiger partial charge in [0.2, 0.25) is 0 Å². The largest absolute Gasteiger partial charge is 0.481 e. The number of carbonyl (C=O) groups excluding carboxylic acids is 1. The Balaban J connectivity index is 1.94. The van der Waals surface area contributed by atoms with Crippen molar-refractivity contribution in [2.75, 3.05) is 6.54 Å². The predicted octanol–water partition coefficient (Wildman–Crippen LogP) is 4.84. The van der Waals surface area contributed by atoms with Gasteiger partial charge in [-0.15, -0.1) is 0 Å². The lowest BCUT2D eigenvalue weighted by Gasteiger charge is -2.17. The molecule has 3 rings (SSSR count). The van der Waals surface area contributed by atoms with Gasteiger partial charge in [0, 0.05) is 16.3 Å². The van der Waals surface area contributed by atoms with Gasteiger partial charge in [0.05, 0.1) is 5.92 Å². The maximum Gasteiger partial charge on any atom is 0.471 e. The first kappa shape index (κ1) is 20.7. The molecule has 0 heterocycles. The fourth-order valence-corrected chi connectivity index (χ4v) is 3.77. The maximum atomic E-state index is 12.5. The van der Waals surface area contributed by atoms with Gasteiger partial charge in [0.25, 0.3) is 0 Å². The van der Waals surface area contributed by atoms with Crippen LogP contribution in [-0.4, -0.2) is 29.7 Å². The summed E-state index contributed by atoms with van der Waals surface area (Å²) < 4.78 is 37.4. The van der Waals surface area contributed by atoms with Crippen LogP contribution in [0.15, 0.2) is 76.5 Å². The standard InChI is InChI=1S/C21H16F3NO3S/c22-21(23,24)20(28)25-12-18(19(26)27)16-8-4-5-13-9-10-15(11-17(13)16)29-14-6-2-1-3-7-14/h1-11,18H,12H2,(H,25,28)(H,26,27). The third-order valence-corrected chi connectivity index (χ3v) is 5.26. The zero-order valence-electron chi connectivity index (χ0n) is 14.9. The molecule has 0 aliphatic carbocycles. The molecule has 2 N–H and O–H groups in total. The molecule has 1 atom stereocenters. The zero-order chi connectivity index (χ0) is 21.0. The van der Waals surface area contributed by atoms with Crippen LogP contribution in [0.2, 0.25) is 0 Å². The molecule has 1 unspecified atom stereocenters. The number of alkyl halides is 3. The average molecular weight is 419 g/mol. The normalized spacial score (nSPS) is 12.5. The van der Waals surface area contributed by atoms with Crippen LogP contribution in [0, 0.1) is 0 Å². The molecule has 0 spiro atoms. The van der Waals surface area contributed by atoms with Crippen LogP contribution in [0.1, 0.15) is 11.5 Å². The number of nitrogens with one attached hydrogen (secondary N) is 1. The Hall–Kier alpha value is -3.00. The lowest BCUT2D eigenvalue weighted by molar-refractivity contribution is -0.173. The van der Waals surface area contributed by atoms with Crippen molar-refractivity contribution in [3.63, 3.8) is 0 Å². The van der Waals surface area contributed by atoms with E-state index in [1.54, 1.807) is 23.5 Å². The van der Waals surface area contributed by atoms with Gasteiger partial charge in [-0.05, 0) is 40.6 Å².